The van der Waals surface area contributed by atoms with Crippen molar-refractivity contribution in [2.24, 2.45) is 0 Å². The smallest absolute Gasteiger partial charge is 0.306 e. The van der Waals surface area contributed by atoms with Gasteiger partial charge in [0.25, 0.3) is 0 Å². The summed E-state index contributed by atoms with van der Waals surface area (Å²) in [5.74, 6) is -1.06. The van der Waals surface area contributed by atoms with E-state index in [0.717, 1.165) is 103 Å². The normalized spacial score (nSPS) is 13.2. The highest BCUT2D eigenvalue weighted by Gasteiger charge is 2.19. The molecule has 0 aliphatic heterocycles. The molecule has 0 fully saturated rings. The fourth-order valence-electron chi connectivity index (χ4n) is 7.13. The Labute approximate surface area is 436 Å². The van der Waals surface area contributed by atoms with Gasteiger partial charge in [-0.25, -0.2) is 0 Å². The van der Waals surface area contributed by atoms with Gasteiger partial charge in [0.2, 0.25) is 0 Å². The van der Waals surface area contributed by atoms with Gasteiger partial charge in [-0.1, -0.05) is 224 Å². The van der Waals surface area contributed by atoms with Gasteiger partial charge in [0.05, 0.1) is 0 Å². The Morgan fingerprint density at radius 2 is 0.577 bits per heavy atom. The number of esters is 3. The van der Waals surface area contributed by atoms with Crippen molar-refractivity contribution in [3.05, 3.63) is 146 Å². The first kappa shape index (κ1) is 66.3. The van der Waals surface area contributed by atoms with Crippen LogP contribution in [0.4, 0.5) is 0 Å². The van der Waals surface area contributed by atoms with Gasteiger partial charge in [-0.3, -0.25) is 14.4 Å². The molecule has 0 aromatic heterocycles. The average Bonchev–Trinajstić information content (AvgIpc) is 3.37. The molecule has 6 nitrogen and oxygen atoms in total. The van der Waals surface area contributed by atoms with Crippen LogP contribution in [0, 0.1) is 0 Å². The summed E-state index contributed by atoms with van der Waals surface area (Å²) in [4.78, 5) is 38.1. The van der Waals surface area contributed by atoms with Crippen LogP contribution in [0.3, 0.4) is 0 Å². The fourth-order valence-corrected chi connectivity index (χ4v) is 7.13. The lowest BCUT2D eigenvalue weighted by molar-refractivity contribution is -0.166. The monoisotopic (exact) mass is 979 g/mol. The van der Waals surface area contributed by atoms with Gasteiger partial charge in [-0.2, -0.15) is 0 Å². The summed E-state index contributed by atoms with van der Waals surface area (Å²) >= 11 is 0. The maximum absolute atomic E-state index is 12.9. The Hall–Kier alpha value is -4.71. The van der Waals surface area contributed by atoms with Crippen molar-refractivity contribution < 1.29 is 28.6 Å². The number of ether oxygens (including phenoxy) is 3. The van der Waals surface area contributed by atoms with Crippen LogP contribution in [-0.2, 0) is 28.6 Å². The predicted molar refractivity (Wildman–Crippen MR) is 306 cm³/mol. The third-order valence-corrected chi connectivity index (χ3v) is 11.3. The Bertz CT molecular complexity index is 1590. The van der Waals surface area contributed by atoms with E-state index in [1.807, 2.05) is 12.2 Å². The summed E-state index contributed by atoms with van der Waals surface area (Å²) in [6, 6.07) is 0. The molecule has 0 saturated heterocycles. The first-order valence-corrected chi connectivity index (χ1v) is 28.3. The second-order valence-corrected chi connectivity index (χ2v) is 18.1. The Morgan fingerprint density at radius 1 is 0.296 bits per heavy atom. The third kappa shape index (κ3) is 56.1. The molecule has 0 heterocycles. The van der Waals surface area contributed by atoms with E-state index >= 15 is 0 Å². The molecular formula is C65H102O6. The van der Waals surface area contributed by atoms with Crippen molar-refractivity contribution in [1.29, 1.82) is 0 Å². The summed E-state index contributed by atoms with van der Waals surface area (Å²) in [5, 5.41) is 0. The molecule has 0 N–H and O–H groups in total. The molecule has 398 valence electrons. The van der Waals surface area contributed by atoms with E-state index in [1.165, 1.54) is 70.6 Å². The molecule has 0 amide bonds. The molecule has 0 bridgehead atoms. The molecule has 0 spiro atoms. The number of unbranched alkanes of at least 4 members (excludes halogenated alkanes) is 14. The molecule has 0 rings (SSSR count). The zero-order valence-corrected chi connectivity index (χ0v) is 45.4. The topological polar surface area (TPSA) is 78.9 Å². The number of carbonyl (C=O) groups excluding carboxylic acids is 3. The number of carbonyl (C=O) groups is 3. The zero-order chi connectivity index (χ0) is 51.4. The van der Waals surface area contributed by atoms with Crippen LogP contribution >= 0.6 is 0 Å². The summed E-state index contributed by atoms with van der Waals surface area (Å²) in [7, 11) is 0. The van der Waals surface area contributed by atoms with E-state index in [2.05, 4.69) is 154 Å². The molecule has 0 aliphatic rings. The van der Waals surface area contributed by atoms with Gasteiger partial charge < -0.3 is 14.2 Å². The van der Waals surface area contributed by atoms with Crippen molar-refractivity contribution in [2.75, 3.05) is 13.2 Å². The quantitative estimate of drug-likeness (QED) is 0.0262. The lowest BCUT2D eigenvalue weighted by Crippen LogP contribution is -2.30. The Balaban J connectivity index is 4.54. The molecule has 1 unspecified atom stereocenters. The van der Waals surface area contributed by atoms with Gasteiger partial charge in [0, 0.05) is 19.3 Å². The lowest BCUT2D eigenvalue weighted by Gasteiger charge is -2.18. The Kier molecular flexibility index (Phi) is 54.0. The summed E-state index contributed by atoms with van der Waals surface area (Å²) in [5.41, 5.74) is 0. The molecule has 0 aromatic carbocycles. The van der Waals surface area contributed by atoms with Crippen molar-refractivity contribution >= 4 is 17.9 Å². The summed E-state index contributed by atoms with van der Waals surface area (Å²) in [6.07, 6.45) is 82.8. The molecule has 71 heavy (non-hydrogen) atoms. The SMILES string of the molecule is CC/C=C\C/C=C\C/C=C\C/C=C\C/C=C\C/C=C\CCCCC(=O)OCC(COC(=O)CC/C=C\C/C=C\C/C=C\C/C=C\CC)OC(=O)CCCCCCCCCCC/C=C\C/C=C\CCCCC. The average molecular weight is 980 g/mol. The van der Waals surface area contributed by atoms with Gasteiger partial charge >= 0.3 is 17.9 Å². The second kappa shape index (κ2) is 57.9. The standard InChI is InChI=1S/C65H102O6/c1-4-7-10-13-16-19-22-25-27-29-31-32-34-35-37-40-43-46-49-52-55-58-64(67)70-61-62(60-69-63(66)57-54-51-48-45-42-39-24-21-18-15-12-9-6-3)71-65(68)59-56-53-50-47-44-41-38-36-33-30-28-26-23-20-17-14-11-8-5-2/h7,9-10,12,16-21,25-28,31-32,35,37,39,42-43,46,48,51,62H,4-6,8,11,13-15,22-24,29-30,33-34,36,38,40-41,44-45,47,49-50,52-61H2,1-3H3/b10-7-,12-9-,19-16-,20-17-,21-18-,27-25-,28-26-,32-31-,37-35-,42-39-,46-43-,51-48-. The zero-order valence-electron chi connectivity index (χ0n) is 45.4. The van der Waals surface area contributed by atoms with E-state index in [-0.39, 0.29) is 44.0 Å². The molecule has 6 heteroatoms. The highest BCUT2D eigenvalue weighted by Crippen LogP contribution is 2.13. The molecule has 0 radical (unpaired) electrons. The van der Waals surface area contributed by atoms with Crippen LogP contribution in [0.15, 0.2) is 146 Å². The van der Waals surface area contributed by atoms with Crippen LogP contribution in [-0.4, -0.2) is 37.2 Å². The maximum atomic E-state index is 12.9. The molecular weight excluding hydrogens is 877 g/mol. The minimum absolute atomic E-state index is 0.130. The van der Waals surface area contributed by atoms with E-state index in [4.69, 9.17) is 14.2 Å². The fraction of sp³-hybridized carbons (Fsp3) is 0.585. The van der Waals surface area contributed by atoms with Crippen molar-refractivity contribution in [2.45, 2.75) is 232 Å². The van der Waals surface area contributed by atoms with E-state index in [9.17, 15) is 14.4 Å². The second-order valence-electron chi connectivity index (χ2n) is 18.1. The predicted octanol–water partition coefficient (Wildman–Crippen LogP) is 19.2. The highest BCUT2D eigenvalue weighted by molar-refractivity contribution is 5.71. The minimum atomic E-state index is -0.834. The van der Waals surface area contributed by atoms with Crippen molar-refractivity contribution in [1.82, 2.24) is 0 Å². The van der Waals surface area contributed by atoms with Gasteiger partial charge in [0.1, 0.15) is 13.2 Å². The van der Waals surface area contributed by atoms with Crippen molar-refractivity contribution in [3.8, 4) is 0 Å². The van der Waals surface area contributed by atoms with Gasteiger partial charge in [-0.15, -0.1) is 0 Å². The lowest BCUT2D eigenvalue weighted by atomic mass is 10.1. The number of rotatable bonds is 49. The largest absolute Gasteiger partial charge is 0.462 e. The summed E-state index contributed by atoms with van der Waals surface area (Å²) < 4.78 is 16.7. The van der Waals surface area contributed by atoms with Crippen LogP contribution in [0.5, 0.6) is 0 Å². The van der Waals surface area contributed by atoms with E-state index in [1.54, 1.807) is 0 Å². The number of hydrogen-bond donors (Lipinski definition) is 0. The molecule has 1 atom stereocenters. The van der Waals surface area contributed by atoms with Gasteiger partial charge in [-0.05, 0) is 128 Å². The van der Waals surface area contributed by atoms with Crippen LogP contribution in [0.25, 0.3) is 0 Å². The Morgan fingerprint density at radius 3 is 0.972 bits per heavy atom. The van der Waals surface area contributed by atoms with Crippen LogP contribution in [0.1, 0.15) is 226 Å². The molecule has 0 aromatic rings. The minimum Gasteiger partial charge on any atom is -0.462 e. The van der Waals surface area contributed by atoms with Crippen LogP contribution in [0.2, 0.25) is 0 Å². The van der Waals surface area contributed by atoms with Crippen molar-refractivity contribution in [3.63, 3.8) is 0 Å². The van der Waals surface area contributed by atoms with Gasteiger partial charge in [0.15, 0.2) is 6.10 Å². The first-order valence-electron chi connectivity index (χ1n) is 28.3. The number of allylic oxidation sites excluding steroid dienone is 24. The summed E-state index contributed by atoms with van der Waals surface area (Å²) in [6.45, 7) is 6.27. The maximum Gasteiger partial charge on any atom is 0.306 e. The molecule has 0 saturated carbocycles. The third-order valence-electron chi connectivity index (χ3n) is 11.3. The molecule has 0 aliphatic carbocycles. The van der Waals surface area contributed by atoms with E-state index < -0.39 is 6.10 Å². The highest BCUT2D eigenvalue weighted by atomic mass is 16.6. The first-order chi connectivity index (χ1) is 35.0. The van der Waals surface area contributed by atoms with Crippen LogP contribution < -0.4 is 0 Å². The van der Waals surface area contributed by atoms with E-state index in [0.29, 0.717) is 19.3 Å². The number of hydrogen-bond acceptors (Lipinski definition) is 6.